The van der Waals surface area contributed by atoms with Crippen LogP contribution in [0.2, 0.25) is 0 Å². The number of carbonyl (C=O) groups excluding carboxylic acids is 1. The summed E-state index contributed by atoms with van der Waals surface area (Å²) in [7, 11) is -2.98. The smallest absolute Gasteiger partial charge is 0.435 e. The molecule has 48 heavy (non-hydrogen) atoms. The summed E-state index contributed by atoms with van der Waals surface area (Å²) >= 11 is 0. The van der Waals surface area contributed by atoms with Crippen molar-refractivity contribution in [3.8, 4) is 0 Å². The number of aryl methyl sites for hydroxylation is 1. The molecule has 2 unspecified atom stereocenters. The van der Waals surface area contributed by atoms with E-state index in [1.54, 1.807) is 0 Å². The van der Waals surface area contributed by atoms with Gasteiger partial charge in [-0.25, -0.2) is 12.8 Å². The molecule has 1 heterocycles. The fourth-order valence-corrected chi connectivity index (χ4v) is 11.1. The molecule has 7 rings (SSSR count). The number of rotatable bonds is 6. The van der Waals surface area contributed by atoms with Gasteiger partial charge < -0.3 is 10.0 Å². The van der Waals surface area contributed by atoms with Crippen molar-refractivity contribution in [2.75, 3.05) is 13.6 Å². The minimum Gasteiger partial charge on any atom is -0.481 e. The number of benzene rings is 2. The number of hydrogen-bond donors (Lipinski definition) is 1. The van der Waals surface area contributed by atoms with Crippen LogP contribution in [0.25, 0.3) is 0 Å². The molecule has 15 heteroatoms. The first-order valence-corrected chi connectivity index (χ1v) is 17.1. The summed E-state index contributed by atoms with van der Waals surface area (Å²) in [6.45, 7) is -0.0610. The molecule has 3 saturated carbocycles. The highest BCUT2D eigenvalue weighted by Gasteiger charge is 2.74. The van der Waals surface area contributed by atoms with Gasteiger partial charge in [0.05, 0.1) is 16.4 Å². The molecule has 0 spiro atoms. The number of fused-ring (bicyclic) bond motifs is 6. The van der Waals surface area contributed by atoms with Crippen LogP contribution in [0.15, 0.2) is 52.4 Å². The predicted octanol–water partition coefficient (Wildman–Crippen LogP) is 6.67. The highest BCUT2D eigenvalue weighted by Crippen LogP contribution is 2.61. The van der Waals surface area contributed by atoms with E-state index in [2.05, 4.69) is 4.99 Å². The molecule has 5 aliphatic rings. The first kappa shape index (κ1) is 34.4. The molecular formula is C33H33F7N2O5S. The number of aliphatic carboxylic acids is 1. The van der Waals surface area contributed by atoms with Crippen molar-refractivity contribution in [1.82, 2.24) is 4.90 Å². The lowest BCUT2D eigenvalue weighted by Gasteiger charge is -2.52. The van der Waals surface area contributed by atoms with Crippen LogP contribution in [0.5, 0.6) is 0 Å². The molecule has 2 bridgehead atoms. The van der Waals surface area contributed by atoms with Gasteiger partial charge in [-0.15, -0.1) is 0 Å². The zero-order chi connectivity index (χ0) is 35.1. The number of sulfone groups is 1. The third kappa shape index (κ3) is 4.65. The molecule has 1 saturated heterocycles. The van der Waals surface area contributed by atoms with Gasteiger partial charge in [0, 0.05) is 30.8 Å². The fourth-order valence-electron chi connectivity index (χ4n) is 8.70. The van der Waals surface area contributed by atoms with Crippen molar-refractivity contribution in [2.24, 2.45) is 15.8 Å². The zero-order valence-electron chi connectivity index (χ0n) is 25.8. The maximum absolute atomic E-state index is 15.1. The molecule has 1 amide bonds. The monoisotopic (exact) mass is 702 g/mol. The Hall–Kier alpha value is -3.49. The first-order chi connectivity index (χ1) is 22.3. The SMILES string of the molecule is C/N=C\c1ccc(S(=O)(=O)C23CCN(C(=O)C45CCC(C(=O)O)(CC4)CC5)C2CCc2cc(C(F)(C(F)(F)F)C(F)(F)F)ccc23)cc1. The van der Waals surface area contributed by atoms with Crippen molar-refractivity contribution in [3.63, 3.8) is 0 Å². The minimum atomic E-state index is -6.35. The lowest BCUT2D eigenvalue weighted by atomic mass is 9.53. The second kappa shape index (κ2) is 11.0. The largest absolute Gasteiger partial charge is 0.481 e. The van der Waals surface area contributed by atoms with Crippen LogP contribution in [-0.2, 0) is 36.3 Å². The topological polar surface area (TPSA) is 104 Å². The lowest BCUT2D eigenvalue weighted by molar-refractivity contribution is -0.348. The van der Waals surface area contributed by atoms with Gasteiger partial charge in [-0.1, -0.05) is 30.3 Å². The molecule has 1 N–H and O–H groups in total. The van der Waals surface area contributed by atoms with E-state index < -0.39 is 61.0 Å². The Balaban J connectivity index is 1.47. The summed E-state index contributed by atoms with van der Waals surface area (Å²) in [5, 5.41) is 9.81. The zero-order valence-corrected chi connectivity index (χ0v) is 26.6. The number of aliphatic imine (C=N–C) groups is 1. The van der Waals surface area contributed by atoms with Crippen molar-refractivity contribution < 1.29 is 53.8 Å². The van der Waals surface area contributed by atoms with Crippen LogP contribution in [0.1, 0.15) is 73.6 Å². The Morgan fingerprint density at radius 1 is 0.875 bits per heavy atom. The number of hydrogen-bond acceptors (Lipinski definition) is 5. The van der Waals surface area contributed by atoms with E-state index in [0.29, 0.717) is 56.2 Å². The molecule has 2 aromatic rings. The molecule has 260 valence electrons. The average molecular weight is 703 g/mol. The number of carbonyl (C=O) groups is 2. The average Bonchev–Trinajstić information content (AvgIpc) is 3.45. The highest BCUT2D eigenvalue weighted by molar-refractivity contribution is 7.92. The maximum Gasteiger partial charge on any atom is 0.435 e. The number of alkyl halides is 7. The van der Waals surface area contributed by atoms with E-state index in [1.807, 2.05) is 0 Å². The van der Waals surface area contributed by atoms with Gasteiger partial charge in [-0.2, -0.15) is 26.3 Å². The van der Waals surface area contributed by atoms with E-state index in [-0.39, 0.29) is 47.7 Å². The van der Waals surface area contributed by atoms with Crippen LogP contribution in [-0.4, -0.2) is 68.5 Å². The third-order valence-electron chi connectivity index (χ3n) is 11.4. The summed E-state index contributed by atoms with van der Waals surface area (Å²) in [6.07, 6.45) is -9.96. The van der Waals surface area contributed by atoms with Gasteiger partial charge in [0.25, 0.3) is 0 Å². The summed E-state index contributed by atoms with van der Waals surface area (Å²) < 4.78 is 125. The van der Waals surface area contributed by atoms with Crippen molar-refractivity contribution >= 4 is 27.9 Å². The molecule has 2 aromatic carbocycles. The summed E-state index contributed by atoms with van der Waals surface area (Å²) in [6, 6.07) is 6.27. The standard InChI is InChI=1S/C33H33F7N2O5S/c1-41-19-20-2-6-23(7-3-20)48(46,47)30-16-17-42(26(43)28-10-13-29(14-11-28,15-12-28)27(44)45)25(30)9-4-21-18-22(5-8-24(21)30)31(34,32(35,36)37)33(38,39)40/h2-3,5-8,18-19,25H,4,9-17H2,1H3,(H,44,45)/b41-19-. The van der Waals surface area contributed by atoms with E-state index in [9.17, 15) is 49.5 Å². The van der Waals surface area contributed by atoms with E-state index in [1.165, 1.54) is 42.4 Å². The number of amides is 1. The Morgan fingerprint density at radius 2 is 1.44 bits per heavy atom. The van der Waals surface area contributed by atoms with Crippen LogP contribution < -0.4 is 0 Å². The van der Waals surface area contributed by atoms with Gasteiger partial charge in [0.1, 0.15) is 4.75 Å². The maximum atomic E-state index is 15.1. The van der Waals surface area contributed by atoms with Gasteiger partial charge in [-0.05, 0) is 86.6 Å². The second-order valence-corrected chi connectivity index (χ2v) is 15.8. The van der Waals surface area contributed by atoms with E-state index >= 15 is 4.39 Å². The Morgan fingerprint density at radius 3 is 1.96 bits per heavy atom. The normalized spacial score (nSPS) is 29.2. The predicted molar refractivity (Wildman–Crippen MR) is 159 cm³/mol. The quantitative estimate of drug-likeness (QED) is 0.268. The Bertz CT molecular complexity index is 1750. The molecule has 7 nitrogen and oxygen atoms in total. The molecule has 0 radical (unpaired) electrons. The number of halogens is 7. The second-order valence-electron chi connectivity index (χ2n) is 13.5. The summed E-state index contributed by atoms with van der Waals surface area (Å²) in [4.78, 5) is 31.6. The van der Waals surface area contributed by atoms with Crippen LogP contribution >= 0.6 is 0 Å². The molecule has 0 aromatic heterocycles. The summed E-state index contributed by atoms with van der Waals surface area (Å²) in [5.74, 6) is -1.24. The molecular weight excluding hydrogens is 669 g/mol. The van der Waals surface area contributed by atoms with Crippen LogP contribution in [0.4, 0.5) is 30.7 Å². The lowest BCUT2D eigenvalue weighted by Crippen LogP contribution is -2.57. The molecule has 1 aliphatic heterocycles. The first-order valence-electron chi connectivity index (χ1n) is 15.6. The van der Waals surface area contributed by atoms with E-state index in [4.69, 9.17) is 0 Å². The number of carboxylic acid groups (broad SMARTS) is 1. The third-order valence-corrected chi connectivity index (χ3v) is 14.0. The molecule has 4 fully saturated rings. The Labute approximate surface area is 272 Å². The highest BCUT2D eigenvalue weighted by atomic mass is 32.2. The molecule has 2 atom stereocenters. The number of nitrogens with zero attached hydrogens (tertiary/aromatic N) is 2. The fraction of sp³-hybridized carbons (Fsp3) is 0.545. The Kier molecular flexibility index (Phi) is 7.88. The van der Waals surface area contributed by atoms with E-state index in [0.717, 1.165) is 6.07 Å². The van der Waals surface area contributed by atoms with Crippen molar-refractivity contribution in [2.45, 2.75) is 91.5 Å². The van der Waals surface area contributed by atoms with Gasteiger partial charge in [-0.3, -0.25) is 14.6 Å². The van der Waals surface area contributed by atoms with Crippen molar-refractivity contribution in [1.29, 1.82) is 0 Å². The molecule has 4 aliphatic carbocycles. The number of carboxylic acids is 1. The van der Waals surface area contributed by atoms with Crippen LogP contribution in [0.3, 0.4) is 0 Å². The van der Waals surface area contributed by atoms with Gasteiger partial charge in [0.2, 0.25) is 5.91 Å². The van der Waals surface area contributed by atoms with Gasteiger partial charge >= 0.3 is 24.0 Å². The summed E-state index contributed by atoms with van der Waals surface area (Å²) in [5.41, 5.74) is -8.88. The van der Waals surface area contributed by atoms with Gasteiger partial charge in [0.15, 0.2) is 9.84 Å². The van der Waals surface area contributed by atoms with Crippen LogP contribution in [0, 0.1) is 10.8 Å². The minimum absolute atomic E-state index is 0.0610. The van der Waals surface area contributed by atoms with Crippen molar-refractivity contribution in [3.05, 3.63) is 64.7 Å². The number of likely N-dealkylation sites (tertiary alicyclic amines) is 1.